The van der Waals surface area contributed by atoms with Crippen molar-refractivity contribution in [3.63, 3.8) is 0 Å². The summed E-state index contributed by atoms with van der Waals surface area (Å²) < 4.78 is 6.57. The number of nitrogens with two attached hydrogens (primary N) is 1. The van der Waals surface area contributed by atoms with E-state index in [1.807, 2.05) is 12.1 Å². The molecule has 0 spiro atoms. The molecule has 92 valence electrons. The van der Waals surface area contributed by atoms with Crippen LogP contribution in [0.4, 0.5) is 0 Å². The summed E-state index contributed by atoms with van der Waals surface area (Å²) in [6.45, 7) is 0. The number of benzene rings is 1. The van der Waals surface area contributed by atoms with E-state index in [0.29, 0.717) is 12.2 Å². The Kier molecular flexibility index (Phi) is 3.66. The number of ether oxygens (including phenoxy) is 1. The van der Waals surface area contributed by atoms with E-state index in [9.17, 15) is 4.79 Å². The van der Waals surface area contributed by atoms with Crippen LogP contribution in [-0.2, 0) is 16.1 Å². The van der Waals surface area contributed by atoms with Gasteiger partial charge < -0.3 is 9.84 Å². The Labute approximate surface area is 107 Å². The molecule has 0 radical (unpaired) electrons. The molecule has 2 rings (SSSR count). The highest BCUT2D eigenvalue weighted by Gasteiger charge is 2.33. The molecule has 0 fully saturated rings. The van der Waals surface area contributed by atoms with Crippen molar-refractivity contribution in [2.45, 2.75) is 25.0 Å². The number of carboxylic acids is 1. The molecule has 17 heavy (non-hydrogen) atoms. The number of aliphatic carboxylic acids is 1. The predicted molar refractivity (Wildman–Crippen MR) is 63.6 cm³/mol. The van der Waals surface area contributed by atoms with Gasteiger partial charge in [0.05, 0.1) is 0 Å². The number of carbonyl (C=O) groups is 1. The van der Waals surface area contributed by atoms with Crippen LogP contribution in [0.25, 0.3) is 0 Å². The summed E-state index contributed by atoms with van der Waals surface area (Å²) in [4.78, 5) is 15.4. The van der Waals surface area contributed by atoms with Crippen LogP contribution in [0.5, 0.6) is 5.75 Å². The lowest BCUT2D eigenvalue weighted by Gasteiger charge is -2.29. The lowest BCUT2D eigenvalue weighted by Crippen LogP contribution is -2.43. The molecule has 0 saturated carbocycles. The van der Waals surface area contributed by atoms with Gasteiger partial charge in [-0.1, -0.05) is 15.9 Å². The average molecular weight is 302 g/mol. The maximum absolute atomic E-state index is 10.9. The zero-order valence-corrected chi connectivity index (χ0v) is 10.5. The van der Waals surface area contributed by atoms with Gasteiger partial charge in [-0.3, -0.25) is 4.84 Å². The Bertz CT molecular complexity index is 437. The maximum Gasteiger partial charge on any atom is 0.338 e. The summed E-state index contributed by atoms with van der Waals surface area (Å²) in [6.07, 6.45) is -0.373. The van der Waals surface area contributed by atoms with E-state index in [2.05, 4.69) is 20.8 Å². The van der Waals surface area contributed by atoms with Crippen molar-refractivity contribution in [1.29, 1.82) is 0 Å². The van der Waals surface area contributed by atoms with E-state index < -0.39 is 18.2 Å². The smallest absolute Gasteiger partial charge is 0.338 e. The van der Waals surface area contributed by atoms with E-state index in [4.69, 9.17) is 15.7 Å². The van der Waals surface area contributed by atoms with Crippen molar-refractivity contribution in [3.05, 3.63) is 28.2 Å². The second kappa shape index (κ2) is 5.03. The first-order chi connectivity index (χ1) is 8.11. The normalized spacial score (nSPS) is 20.2. The number of fused-ring (bicyclic) bond motifs is 1. The molecule has 0 amide bonds. The fourth-order valence-electron chi connectivity index (χ4n) is 1.90. The molecule has 6 heteroatoms. The van der Waals surface area contributed by atoms with Crippen LogP contribution in [0.3, 0.4) is 0 Å². The number of hydrogen-bond donors (Lipinski definition) is 2. The molecule has 0 aliphatic carbocycles. The quantitative estimate of drug-likeness (QED) is 0.827. The second-order valence-corrected chi connectivity index (χ2v) is 4.76. The number of aryl methyl sites for hydroxylation is 1. The molecule has 3 N–H and O–H groups in total. The molecule has 1 heterocycles. The molecular formula is C11H12BrNO4. The average Bonchev–Trinajstić information content (AvgIpc) is 2.29. The van der Waals surface area contributed by atoms with Gasteiger partial charge in [0.1, 0.15) is 11.9 Å². The highest BCUT2D eigenvalue weighted by atomic mass is 79.9. The summed E-state index contributed by atoms with van der Waals surface area (Å²) in [6, 6.07) is 5.62. The standard InChI is InChI=1S/C11H12BrNO4/c12-7-2-4-8-6(5-7)1-3-9(16-8)10(17-13)11(14)15/h2,4-5,9-10H,1,3,13H2,(H,14,15)/t9-,10+/m1/s1. The molecule has 2 atom stereocenters. The monoisotopic (exact) mass is 301 g/mol. The Balaban J connectivity index is 2.18. The number of hydrogen-bond acceptors (Lipinski definition) is 4. The first kappa shape index (κ1) is 12.3. The molecule has 0 bridgehead atoms. The lowest BCUT2D eigenvalue weighted by molar-refractivity contribution is -0.158. The van der Waals surface area contributed by atoms with Gasteiger partial charge in [0, 0.05) is 4.47 Å². The van der Waals surface area contributed by atoms with Gasteiger partial charge in [-0.2, -0.15) is 0 Å². The van der Waals surface area contributed by atoms with E-state index in [-0.39, 0.29) is 0 Å². The predicted octanol–water partition coefficient (Wildman–Crippen LogP) is 1.49. The minimum Gasteiger partial charge on any atom is -0.487 e. The largest absolute Gasteiger partial charge is 0.487 e. The Morgan fingerprint density at radius 2 is 2.41 bits per heavy atom. The summed E-state index contributed by atoms with van der Waals surface area (Å²) in [5, 5.41) is 8.93. The van der Waals surface area contributed by atoms with E-state index in [1.165, 1.54) is 0 Å². The summed E-state index contributed by atoms with van der Waals surface area (Å²) in [5.74, 6) is 4.56. The van der Waals surface area contributed by atoms with Crippen molar-refractivity contribution in [2.75, 3.05) is 0 Å². The fourth-order valence-corrected chi connectivity index (χ4v) is 2.30. The van der Waals surface area contributed by atoms with Gasteiger partial charge in [0.15, 0.2) is 0 Å². The first-order valence-corrected chi connectivity index (χ1v) is 5.94. The fraction of sp³-hybridized carbons (Fsp3) is 0.364. The van der Waals surface area contributed by atoms with Crippen molar-refractivity contribution >= 4 is 21.9 Å². The lowest BCUT2D eigenvalue weighted by atomic mass is 9.99. The Hall–Kier alpha value is -1.11. The number of rotatable bonds is 3. The van der Waals surface area contributed by atoms with Crippen molar-refractivity contribution in [2.24, 2.45) is 5.90 Å². The molecular weight excluding hydrogens is 290 g/mol. The molecule has 1 aromatic carbocycles. The van der Waals surface area contributed by atoms with Crippen LogP contribution >= 0.6 is 15.9 Å². The van der Waals surface area contributed by atoms with Crippen LogP contribution in [0.15, 0.2) is 22.7 Å². The molecule has 1 aliphatic heterocycles. The van der Waals surface area contributed by atoms with E-state index >= 15 is 0 Å². The van der Waals surface area contributed by atoms with Crippen molar-refractivity contribution in [1.82, 2.24) is 0 Å². The van der Waals surface area contributed by atoms with Gasteiger partial charge >= 0.3 is 5.97 Å². The summed E-state index contributed by atoms with van der Waals surface area (Å²) >= 11 is 3.38. The van der Waals surface area contributed by atoms with Crippen LogP contribution in [0.1, 0.15) is 12.0 Å². The summed E-state index contributed by atoms with van der Waals surface area (Å²) in [5.41, 5.74) is 1.05. The molecule has 1 aliphatic rings. The Morgan fingerprint density at radius 3 is 3.06 bits per heavy atom. The van der Waals surface area contributed by atoms with Crippen molar-refractivity contribution < 1.29 is 19.5 Å². The molecule has 1 aromatic rings. The third kappa shape index (κ3) is 2.59. The molecule has 0 aromatic heterocycles. The first-order valence-electron chi connectivity index (χ1n) is 5.15. The van der Waals surface area contributed by atoms with Crippen LogP contribution in [0.2, 0.25) is 0 Å². The van der Waals surface area contributed by atoms with Crippen LogP contribution < -0.4 is 10.6 Å². The van der Waals surface area contributed by atoms with Gasteiger partial charge in [0.25, 0.3) is 0 Å². The molecule has 0 saturated heterocycles. The minimum absolute atomic E-state index is 0.550. The van der Waals surface area contributed by atoms with E-state index in [1.54, 1.807) is 6.07 Å². The third-order valence-corrected chi connectivity index (χ3v) is 3.22. The van der Waals surface area contributed by atoms with Gasteiger partial charge in [-0.05, 0) is 36.6 Å². The zero-order chi connectivity index (χ0) is 12.4. The highest BCUT2D eigenvalue weighted by molar-refractivity contribution is 9.10. The molecule has 0 unspecified atom stereocenters. The van der Waals surface area contributed by atoms with Gasteiger partial charge in [-0.15, -0.1) is 0 Å². The number of halogens is 1. The maximum atomic E-state index is 10.9. The zero-order valence-electron chi connectivity index (χ0n) is 8.93. The summed E-state index contributed by atoms with van der Waals surface area (Å²) in [7, 11) is 0. The second-order valence-electron chi connectivity index (χ2n) is 3.84. The topological polar surface area (TPSA) is 81.8 Å². The third-order valence-electron chi connectivity index (χ3n) is 2.73. The highest BCUT2D eigenvalue weighted by Crippen LogP contribution is 2.31. The van der Waals surface area contributed by atoms with Crippen LogP contribution in [0, 0.1) is 0 Å². The SMILES string of the molecule is NO[C@H](C(=O)O)[C@H]1CCc2cc(Br)ccc2O1. The van der Waals surface area contributed by atoms with Crippen LogP contribution in [-0.4, -0.2) is 23.3 Å². The molecule has 5 nitrogen and oxygen atoms in total. The van der Waals surface area contributed by atoms with E-state index in [0.717, 1.165) is 16.5 Å². The minimum atomic E-state index is -1.13. The van der Waals surface area contributed by atoms with Crippen molar-refractivity contribution in [3.8, 4) is 5.75 Å². The van der Waals surface area contributed by atoms with Gasteiger partial charge in [0.2, 0.25) is 6.10 Å². The number of carboxylic acid groups (broad SMARTS) is 1. The van der Waals surface area contributed by atoms with Gasteiger partial charge in [-0.25, -0.2) is 10.7 Å². The Morgan fingerprint density at radius 1 is 1.65 bits per heavy atom.